The number of alkyl halides is 2. The fourth-order valence-electron chi connectivity index (χ4n) is 4.95. The summed E-state index contributed by atoms with van der Waals surface area (Å²) in [5.74, 6) is -0.301. The maximum atomic E-state index is 15.9. The molecule has 0 aromatic carbocycles. The molecule has 0 saturated carbocycles. The average molecular weight is 698 g/mol. The van der Waals surface area contributed by atoms with E-state index in [1.54, 1.807) is 0 Å². The van der Waals surface area contributed by atoms with Crippen LogP contribution in [0, 0.1) is 0 Å². The van der Waals surface area contributed by atoms with Crippen molar-refractivity contribution in [1.82, 2.24) is 44.5 Å². The van der Waals surface area contributed by atoms with Crippen LogP contribution in [-0.2, 0) is 27.7 Å². The molecule has 0 aliphatic carbocycles. The summed E-state index contributed by atoms with van der Waals surface area (Å²) in [6.07, 6.45) is -9.72. The van der Waals surface area contributed by atoms with Crippen LogP contribution in [0.3, 0.4) is 0 Å². The van der Waals surface area contributed by atoms with Crippen LogP contribution in [0.15, 0.2) is 17.4 Å². The van der Waals surface area contributed by atoms with Crippen LogP contribution in [0.5, 0.6) is 0 Å². The Labute approximate surface area is 254 Å². The van der Waals surface area contributed by atoms with Crippen molar-refractivity contribution in [2.24, 2.45) is 0 Å². The average Bonchev–Trinajstić information content (AvgIpc) is 3.72. The van der Waals surface area contributed by atoms with E-state index in [2.05, 4.69) is 59.7 Å². The molecule has 4 aromatic heterocycles. The molecular formula is C19H23F2N11O8P2S2. The summed E-state index contributed by atoms with van der Waals surface area (Å²) in [5, 5.41) is 18.2. The van der Waals surface area contributed by atoms with Crippen molar-refractivity contribution in [3.63, 3.8) is 0 Å². The maximum absolute atomic E-state index is 15.9. The quantitative estimate of drug-likeness (QED) is 0.101. The molecule has 2 saturated heterocycles. The lowest BCUT2D eigenvalue weighted by molar-refractivity contribution is -0.0467. The number of nitrogen functional groups attached to an aromatic ring is 2. The number of aromatic amines is 1. The van der Waals surface area contributed by atoms with Crippen molar-refractivity contribution < 1.29 is 41.5 Å². The highest BCUT2D eigenvalue weighted by atomic mass is 32.7. The van der Waals surface area contributed by atoms with Gasteiger partial charge in [0, 0.05) is 0 Å². The molecular weight excluding hydrogens is 674 g/mol. The molecule has 6 N–H and O–H groups in total. The number of nitrogens with zero attached hydrogens (tertiary/aromatic N) is 8. The van der Waals surface area contributed by atoms with E-state index in [0.29, 0.717) is 0 Å². The summed E-state index contributed by atoms with van der Waals surface area (Å²) in [7, 11) is -2.81. The zero-order chi connectivity index (χ0) is 31.5. The zero-order valence-corrected chi connectivity index (χ0v) is 25.5. The summed E-state index contributed by atoms with van der Waals surface area (Å²) in [6, 6.07) is 0. The van der Waals surface area contributed by atoms with Crippen LogP contribution < -0.4 is 17.0 Å². The predicted molar refractivity (Wildman–Crippen MR) is 154 cm³/mol. The number of H-pyrrole nitrogens is 1. The number of imidazole rings is 1. The lowest BCUT2D eigenvalue weighted by Gasteiger charge is -2.27. The summed E-state index contributed by atoms with van der Waals surface area (Å²) in [5.41, 5.74) is 8.80. The Balaban J connectivity index is 1.26. The molecule has 4 aromatic rings. The highest BCUT2D eigenvalue weighted by molar-refractivity contribution is 8.46. The SMILES string of the molecule is Nc1nc2c(ncn2[C@@H]2O[C@H](CO[PH](=O)S)[C@H](F)[C@H]2P(=O)(S)OC[C@H]2O[C@@H](n3nnc4c(N)ncnc43)[C@@H](F)[C@@H]2O)c(=O)[nH]1. The van der Waals surface area contributed by atoms with E-state index in [4.69, 9.17) is 30.0 Å². The number of aliphatic hydroxyl groups excluding tert-OH is 1. The monoisotopic (exact) mass is 697 g/mol. The first-order chi connectivity index (χ1) is 20.9. The molecule has 0 spiro atoms. The van der Waals surface area contributed by atoms with Gasteiger partial charge in [0.1, 0.15) is 36.5 Å². The van der Waals surface area contributed by atoms with Gasteiger partial charge in [0.05, 0.1) is 19.5 Å². The highest BCUT2D eigenvalue weighted by Crippen LogP contribution is 2.64. The summed E-state index contributed by atoms with van der Waals surface area (Å²) < 4.78 is 80.4. The maximum Gasteiger partial charge on any atom is 0.280 e. The van der Waals surface area contributed by atoms with Gasteiger partial charge in [-0.2, -0.15) is 9.67 Å². The molecule has 19 nitrogen and oxygen atoms in total. The van der Waals surface area contributed by atoms with Crippen LogP contribution >= 0.6 is 38.3 Å². The third kappa shape index (κ3) is 5.49. The van der Waals surface area contributed by atoms with Gasteiger partial charge in [-0.25, -0.2) is 23.7 Å². The molecule has 0 bridgehead atoms. The molecule has 10 atom stereocenters. The number of anilines is 2. The number of fused-ring (bicyclic) bond motifs is 2. The fourth-order valence-corrected chi connectivity index (χ4v) is 8.03. The van der Waals surface area contributed by atoms with E-state index in [9.17, 15) is 19.0 Å². The minimum Gasteiger partial charge on any atom is -0.387 e. The van der Waals surface area contributed by atoms with E-state index in [-0.39, 0.29) is 34.1 Å². The Morgan fingerprint density at radius 1 is 1.11 bits per heavy atom. The van der Waals surface area contributed by atoms with Gasteiger partial charge in [-0.1, -0.05) is 29.7 Å². The topological polar surface area (TPSA) is 263 Å². The van der Waals surface area contributed by atoms with E-state index in [1.165, 1.54) is 0 Å². The van der Waals surface area contributed by atoms with Crippen molar-refractivity contribution >= 4 is 72.4 Å². The Morgan fingerprint density at radius 2 is 1.86 bits per heavy atom. The molecule has 0 radical (unpaired) electrons. The van der Waals surface area contributed by atoms with Gasteiger partial charge < -0.3 is 35.1 Å². The molecule has 238 valence electrons. The largest absolute Gasteiger partial charge is 0.387 e. The van der Waals surface area contributed by atoms with Gasteiger partial charge in [0.2, 0.25) is 13.2 Å². The fraction of sp³-hybridized carbons (Fsp3) is 0.526. The van der Waals surface area contributed by atoms with Crippen molar-refractivity contribution in [3.8, 4) is 0 Å². The van der Waals surface area contributed by atoms with E-state index in [0.717, 1.165) is 21.9 Å². The minimum absolute atomic E-state index is 0.0149. The summed E-state index contributed by atoms with van der Waals surface area (Å²) in [6.45, 7) is -5.71. The Morgan fingerprint density at radius 3 is 2.61 bits per heavy atom. The molecule has 25 heteroatoms. The first-order valence-corrected chi connectivity index (χ1v) is 18.0. The second kappa shape index (κ2) is 11.9. The lowest BCUT2D eigenvalue weighted by atomic mass is 10.1. The van der Waals surface area contributed by atoms with E-state index in [1.807, 2.05) is 0 Å². The van der Waals surface area contributed by atoms with Crippen LogP contribution in [0.1, 0.15) is 12.5 Å². The number of aliphatic hydroxyl groups is 1. The number of thiol groups is 2. The molecule has 2 fully saturated rings. The van der Waals surface area contributed by atoms with Gasteiger partial charge in [-0.15, -0.1) is 5.10 Å². The number of hydrogen-bond acceptors (Lipinski definition) is 16. The Kier molecular flexibility index (Phi) is 8.43. The molecule has 6 rings (SSSR count). The smallest absolute Gasteiger partial charge is 0.280 e. The number of rotatable bonds is 9. The minimum atomic E-state index is -4.43. The highest BCUT2D eigenvalue weighted by Gasteiger charge is 2.56. The van der Waals surface area contributed by atoms with Gasteiger partial charge in [0.25, 0.3) is 12.1 Å². The second-order valence-corrected chi connectivity index (χ2v) is 15.2. The molecule has 44 heavy (non-hydrogen) atoms. The zero-order valence-electron chi connectivity index (χ0n) is 21.8. The van der Waals surface area contributed by atoms with E-state index < -0.39 is 81.3 Å². The predicted octanol–water partition coefficient (Wildman–Crippen LogP) is 0.195. The van der Waals surface area contributed by atoms with Crippen LogP contribution in [0.4, 0.5) is 20.5 Å². The van der Waals surface area contributed by atoms with E-state index >= 15 is 8.78 Å². The molecule has 2 aliphatic rings. The summed E-state index contributed by atoms with van der Waals surface area (Å²) in [4.78, 5) is 30.3. The van der Waals surface area contributed by atoms with Gasteiger partial charge in [-0.05, 0) is 0 Å². The molecule has 2 aliphatic heterocycles. The lowest BCUT2D eigenvalue weighted by Crippen LogP contribution is -2.33. The number of nitrogens with two attached hydrogens (primary N) is 2. The first-order valence-electron chi connectivity index (χ1n) is 12.5. The van der Waals surface area contributed by atoms with Gasteiger partial charge in [0.15, 0.2) is 46.8 Å². The van der Waals surface area contributed by atoms with Crippen LogP contribution in [0.25, 0.3) is 22.3 Å². The van der Waals surface area contributed by atoms with Crippen molar-refractivity contribution in [3.05, 3.63) is 23.0 Å². The van der Waals surface area contributed by atoms with Crippen molar-refractivity contribution in [1.29, 1.82) is 0 Å². The number of aromatic nitrogens is 9. The molecule has 2 unspecified atom stereocenters. The van der Waals surface area contributed by atoms with Gasteiger partial charge >= 0.3 is 0 Å². The number of halogens is 2. The normalized spacial score (nSPS) is 31.1. The van der Waals surface area contributed by atoms with Crippen LogP contribution in [-0.4, -0.2) is 99.1 Å². The Hall–Kier alpha value is -2.75. The first kappa shape index (κ1) is 31.2. The number of ether oxygens (including phenoxy) is 2. The second-order valence-electron chi connectivity index (χ2n) is 9.68. The van der Waals surface area contributed by atoms with Crippen molar-refractivity contribution in [2.75, 3.05) is 24.7 Å². The Bertz CT molecular complexity index is 1850. The molecule has 0 amide bonds. The standard InChI is InChI=1S/C19H23F2N11O8P2S2/c20-7-5(1-37-41(35)43)39-18(31-4-26-10-15(31)27-19(23)28-16(10)34)12(7)42(36,44)38-2-6-11(33)8(21)17(40-6)32-14-9(29-30-32)13(22)24-3-25-14/h3-8,11-12,17-18,33,41H,1-2H2,(H,35,43)(H,36,44)(H2,22,24,25)(H3,23,27,28,34)/t5-,6-,7+,8+,11-,12-,17-,18-,42?/m1/s1. The number of hydrogen-bond donors (Lipinski definition) is 6. The van der Waals surface area contributed by atoms with Crippen molar-refractivity contribution in [2.45, 2.75) is 48.8 Å². The third-order valence-electron chi connectivity index (χ3n) is 7.01. The van der Waals surface area contributed by atoms with Gasteiger partial charge in [-0.3, -0.25) is 23.5 Å². The number of nitrogens with one attached hydrogen (secondary N) is 1. The van der Waals surface area contributed by atoms with Crippen LogP contribution in [0.2, 0.25) is 0 Å². The molecule has 6 heterocycles. The summed E-state index contributed by atoms with van der Waals surface area (Å²) >= 11 is 7.82. The third-order valence-corrected chi connectivity index (χ3v) is 10.8.